The van der Waals surface area contributed by atoms with E-state index in [-0.39, 0.29) is 5.91 Å². The van der Waals surface area contributed by atoms with Gasteiger partial charge in [-0.15, -0.1) is 0 Å². The fourth-order valence-electron chi connectivity index (χ4n) is 1.60. The maximum absolute atomic E-state index is 11.7. The lowest BCUT2D eigenvalue weighted by Crippen LogP contribution is -2.17. The molecule has 0 spiro atoms. The van der Waals surface area contributed by atoms with E-state index in [2.05, 4.69) is 25.6 Å². The van der Waals surface area contributed by atoms with Crippen molar-refractivity contribution in [1.29, 1.82) is 0 Å². The number of aromatic nitrogens is 3. The molecule has 0 radical (unpaired) electrons. The minimum absolute atomic E-state index is 0.0885. The number of carbonyl (C=O) groups excluding carboxylic acids is 1. The predicted molar refractivity (Wildman–Crippen MR) is 77.5 cm³/mol. The number of nitrogens with one attached hydrogen (secondary N) is 2. The molecule has 2 N–H and O–H groups in total. The van der Waals surface area contributed by atoms with Gasteiger partial charge >= 0.3 is 0 Å². The van der Waals surface area contributed by atoms with Crippen molar-refractivity contribution in [3.05, 3.63) is 42.0 Å². The van der Waals surface area contributed by atoms with Crippen molar-refractivity contribution in [2.24, 2.45) is 0 Å². The van der Waals surface area contributed by atoms with E-state index >= 15 is 0 Å². The fourth-order valence-corrected chi connectivity index (χ4v) is 1.60. The van der Waals surface area contributed by atoms with Crippen LogP contribution in [0.3, 0.4) is 0 Å². The Bertz CT molecular complexity index is 582. The molecule has 0 fully saturated rings. The molecule has 2 rings (SSSR count). The number of hydrogen-bond acceptors (Lipinski definition) is 5. The van der Waals surface area contributed by atoms with E-state index in [1.165, 1.54) is 0 Å². The Morgan fingerprint density at radius 1 is 1.15 bits per heavy atom. The Balaban J connectivity index is 1.76. The zero-order chi connectivity index (χ0) is 14.4. The SMILES string of the molecule is Cc1ccc(NC(=O)CCNc2cncc(C)n2)nc1. The molecule has 20 heavy (non-hydrogen) atoms. The third-order valence-electron chi connectivity index (χ3n) is 2.59. The molecule has 0 saturated carbocycles. The van der Waals surface area contributed by atoms with Crippen molar-refractivity contribution in [1.82, 2.24) is 15.0 Å². The summed E-state index contributed by atoms with van der Waals surface area (Å²) in [6.45, 7) is 4.31. The number of anilines is 2. The molecule has 2 aromatic rings. The van der Waals surface area contributed by atoms with Crippen molar-refractivity contribution in [3.63, 3.8) is 0 Å². The lowest BCUT2D eigenvalue weighted by atomic mass is 10.3. The predicted octanol–water partition coefficient (Wildman–Crippen LogP) is 1.93. The molecule has 6 nitrogen and oxygen atoms in total. The summed E-state index contributed by atoms with van der Waals surface area (Å²) in [6.07, 6.45) is 5.37. The van der Waals surface area contributed by atoms with E-state index in [1.807, 2.05) is 19.9 Å². The summed E-state index contributed by atoms with van der Waals surface area (Å²) < 4.78 is 0. The average molecular weight is 271 g/mol. The highest BCUT2D eigenvalue weighted by molar-refractivity contribution is 5.89. The summed E-state index contributed by atoms with van der Waals surface area (Å²) in [5.41, 5.74) is 1.89. The average Bonchev–Trinajstić information content (AvgIpc) is 2.41. The second-order valence-electron chi connectivity index (χ2n) is 4.49. The number of nitrogens with zero attached hydrogens (tertiary/aromatic N) is 3. The van der Waals surface area contributed by atoms with E-state index in [1.54, 1.807) is 24.7 Å². The van der Waals surface area contributed by atoms with Crippen molar-refractivity contribution in [2.75, 3.05) is 17.2 Å². The smallest absolute Gasteiger partial charge is 0.227 e. The first-order valence-electron chi connectivity index (χ1n) is 6.38. The fraction of sp³-hybridized carbons (Fsp3) is 0.286. The van der Waals surface area contributed by atoms with Crippen molar-refractivity contribution >= 4 is 17.5 Å². The highest BCUT2D eigenvalue weighted by Gasteiger charge is 2.03. The molecule has 2 heterocycles. The third-order valence-corrected chi connectivity index (χ3v) is 2.59. The Hall–Kier alpha value is -2.50. The van der Waals surface area contributed by atoms with Crippen molar-refractivity contribution < 1.29 is 4.79 Å². The van der Waals surface area contributed by atoms with Gasteiger partial charge in [-0.1, -0.05) is 6.07 Å². The molecule has 0 unspecified atom stereocenters. The number of pyridine rings is 1. The minimum Gasteiger partial charge on any atom is -0.368 e. The van der Waals surface area contributed by atoms with Crippen LogP contribution in [0, 0.1) is 13.8 Å². The normalized spacial score (nSPS) is 10.1. The Kier molecular flexibility index (Phi) is 4.60. The molecule has 104 valence electrons. The van der Waals surface area contributed by atoms with Crippen LogP contribution >= 0.6 is 0 Å². The van der Waals surface area contributed by atoms with Crippen LogP contribution in [0.1, 0.15) is 17.7 Å². The van der Waals surface area contributed by atoms with Crippen molar-refractivity contribution in [2.45, 2.75) is 20.3 Å². The Morgan fingerprint density at radius 2 is 2.00 bits per heavy atom. The van der Waals surface area contributed by atoms with E-state index in [9.17, 15) is 4.79 Å². The second kappa shape index (κ2) is 6.60. The maximum atomic E-state index is 11.7. The van der Waals surface area contributed by atoms with Crippen molar-refractivity contribution in [3.8, 4) is 0 Å². The van der Waals surface area contributed by atoms with Gasteiger partial charge in [-0.3, -0.25) is 9.78 Å². The first-order valence-corrected chi connectivity index (χ1v) is 6.38. The number of amides is 1. The zero-order valence-corrected chi connectivity index (χ0v) is 11.6. The summed E-state index contributed by atoms with van der Waals surface area (Å²) >= 11 is 0. The third kappa shape index (κ3) is 4.31. The molecule has 0 bridgehead atoms. The molecule has 1 amide bonds. The van der Waals surface area contributed by atoms with Gasteiger partial charge in [0.05, 0.1) is 11.9 Å². The summed E-state index contributed by atoms with van der Waals surface area (Å²) in [4.78, 5) is 24.1. The molecule has 0 saturated heterocycles. The monoisotopic (exact) mass is 271 g/mol. The number of carbonyl (C=O) groups is 1. The summed E-state index contributed by atoms with van der Waals surface area (Å²) in [5.74, 6) is 1.15. The Labute approximate surface area is 117 Å². The topological polar surface area (TPSA) is 79.8 Å². The van der Waals surface area contributed by atoms with Crippen LogP contribution in [0.5, 0.6) is 0 Å². The van der Waals surface area contributed by atoms with Crippen LogP contribution in [-0.4, -0.2) is 27.4 Å². The molecule has 0 aliphatic rings. The highest BCUT2D eigenvalue weighted by Crippen LogP contribution is 2.05. The first kappa shape index (κ1) is 13.9. The van der Waals surface area contributed by atoms with Gasteiger partial charge in [0.2, 0.25) is 5.91 Å². The largest absolute Gasteiger partial charge is 0.368 e. The van der Waals surface area contributed by atoms with Gasteiger partial charge < -0.3 is 10.6 Å². The quantitative estimate of drug-likeness (QED) is 0.868. The highest BCUT2D eigenvalue weighted by atomic mass is 16.1. The zero-order valence-electron chi connectivity index (χ0n) is 11.6. The molecular weight excluding hydrogens is 254 g/mol. The lowest BCUT2D eigenvalue weighted by Gasteiger charge is -2.06. The summed E-state index contributed by atoms with van der Waals surface area (Å²) in [5, 5.41) is 5.80. The van der Waals surface area contributed by atoms with Crippen LogP contribution < -0.4 is 10.6 Å². The number of aryl methyl sites for hydroxylation is 2. The van der Waals surface area contributed by atoms with Gasteiger partial charge in [0.15, 0.2) is 0 Å². The first-order chi connectivity index (χ1) is 9.63. The minimum atomic E-state index is -0.0885. The number of hydrogen-bond donors (Lipinski definition) is 2. The summed E-state index contributed by atoms with van der Waals surface area (Å²) in [7, 11) is 0. The van der Waals surface area contributed by atoms with Gasteiger partial charge in [-0.2, -0.15) is 0 Å². The van der Waals surface area contributed by atoms with Gasteiger partial charge in [-0.25, -0.2) is 9.97 Å². The number of rotatable bonds is 5. The van der Waals surface area contributed by atoms with Crippen LogP contribution in [0.4, 0.5) is 11.6 Å². The molecule has 0 atom stereocenters. The van der Waals surface area contributed by atoms with Gasteiger partial charge in [0, 0.05) is 25.4 Å². The molecular formula is C14H17N5O. The molecule has 2 aromatic heterocycles. The van der Waals surface area contributed by atoms with Gasteiger partial charge in [0.1, 0.15) is 11.6 Å². The van der Waals surface area contributed by atoms with Crippen LogP contribution in [0.15, 0.2) is 30.7 Å². The van der Waals surface area contributed by atoms with Crippen LogP contribution in [-0.2, 0) is 4.79 Å². The standard InChI is InChI=1S/C14H17N5O/c1-10-3-4-12(17-7-10)19-14(20)5-6-16-13-9-15-8-11(2)18-13/h3-4,7-9H,5-6H2,1-2H3,(H,16,18)(H,17,19,20). The second-order valence-corrected chi connectivity index (χ2v) is 4.49. The van der Waals surface area contributed by atoms with Crippen LogP contribution in [0.25, 0.3) is 0 Å². The Morgan fingerprint density at radius 3 is 2.70 bits per heavy atom. The van der Waals surface area contributed by atoms with Gasteiger partial charge in [0.25, 0.3) is 0 Å². The van der Waals surface area contributed by atoms with E-state index in [0.29, 0.717) is 24.6 Å². The maximum Gasteiger partial charge on any atom is 0.227 e. The van der Waals surface area contributed by atoms with E-state index < -0.39 is 0 Å². The molecule has 6 heteroatoms. The van der Waals surface area contributed by atoms with Gasteiger partial charge in [-0.05, 0) is 25.5 Å². The van der Waals surface area contributed by atoms with E-state index in [0.717, 1.165) is 11.3 Å². The van der Waals surface area contributed by atoms with Crippen LogP contribution in [0.2, 0.25) is 0 Å². The molecule has 0 aliphatic carbocycles. The van der Waals surface area contributed by atoms with E-state index in [4.69, 9.17) is 0 Å². The molecule has 0 aromatic carbocycles. The lowest BCUT2D eigenvalue weighted by molar-refractivity contribution is -0.116. The summed E-state index contributed by atoms with van der Waals surface area (Å²) in [6, 6.07) is 3.69. The molecule has 0 aliphatic heterocycles.